The third kappa shape index (κ3) is 6.16. The highest BCUT2D eigenvalue weighted by atomic mass is 16.5. The van der Waals surface area contributed by atoms with Crippen LogP contribution in [0.2, 0.25) is 0 Å². The lowest BCUT2D eigenvalue weighted by molar-refractivity contribution is -0.0514. The number of aliphatic hydroxyl groups is 1. The van der Waals surface area contributed by atoms with Gasteiger partial charge in [0.1, 0.15) is 0 Å². The van der Waals surface area contributed by atoms with Gasteiger partial charge < -0.3 is 9.84 Å². The number of methoxy groups -OCH3 is 1. The summed E-state index contributed by atoms with van der Waals surface area (Å²) in [5, 5.41) is 10.3. The maximum Gasteiger partial charge on any atom is 0.0880 e. The van der Waals surface area contributed by atoms with Crippen LogP contribution in [0.1, 0.15) is 59.3 Å². The molecule has 0 aliphatic heterocycles. The van der Waals surface area contributed by atoms with Gasteiger partial charge in [-0.05, 0) is 18.8 Å². The van der Waals surface area contributed by atoms with Crippen molar-refractivity contribution in [2.45, 2.75) is 64.9 Å². The average Bonchev–Trinajstić information content (AvgIpc) is 2.24. The summed E-state index contributed by atoms with van der Waals surface area (Å²) >= 11 is 0. The van der Waals surface area contributed by atoms with E-state index in [0.717, 1.165) is 19.3 Å². The van der Waals surface area contributed by atoms with Crippen molar-refractivity contribution >= 4 is 0 Å². The smallest absolute Gasteiger partial charge is 0.0880 e. The van der Waals surface area contributed by atoms with E-state index in [2.05, 4.69) is 13.8 Å². The summed E-state index contributed by atoms with van der Waals surface area (Å²) in [4.78, 5) is 0. The second-order valence-corrected chi connectivity index (χ2v) is 4.63. The Balaban J connectivity index is 4.09. The fraction of sp³-hybridized carbons (Fsp3) is 1.00. The van der Waals surface area contributed by atoms with Crippen molar-refractivity contribution in [2.24, 2.45) is 5.92 Å². The number of unbranched alkanes of at least 4 members (excludes halogenated alkanes) is 1. The lowest BCUT2D eigenvalue weighted by Gasteiger charge is -2.30. The molecule has 0 aliphatic carbocycles. The molecular formula is C13H28O2. The molecule has 0 aromatic rings. The SMILES string of the molecule is CCCCC(CC)CC(O)(CC)COC. The van der Waals surface area contributed by atoms with Gasteiger partial charge in [0.05, 0.1) is 12.2 Å². The zero-order chi connectivity index (χ0) is 11.7. The van der Waals surface area contributed by atoms with Gasteiger partial charge in [-0.1, -0.05) is 46.5 Å². The number of hydrogen-bond donors (Lipinski definition) is 1. The Morgan fingerprint density at radius 2 is 1.93 bits per heavy atom. The van der Waals surface area contributed by atoms with Crippen LogP contribution in [0.4, 0.5) is 0 Å². The molecule has 15 heavy (non-hydrogen) atoms. The van der Waals surface area contributed by atoms with Crippen LogP contribution >= 0.6 is 0 Å². The van der Waals surface area contributed by atoms with Crippen molar-refractivity contribution in [3.05, 3.63) is 0 Å². The van der Waals surface area contributed by atoms with Crippen LogP contribution in [0.3, 0.4) is 0 Å². The summed E-state index contributed by atoms with van der Waals surface area (Å²) < 4.78 is 5.10. The molecule has 0 saturated heterocycles. The van der Waals surface area contributed by atoms with E-state index in [9.17, 15) is 5.11 Å². The Bertz CT molecular complexity index is 147. The van der Waals surface area contributed by atoms with E-state index >= 15 is 0 Å². The Morgan fingerprint density at radius 3 is 2.33 bits per heavy atom. The molecule has 0 aromatic heterocycles. The highest BCUT2D eigenvalue weighted by Gasteiger charge is 2.27. The van der Waals surface area contributed by atoms with Crippen molar-refractivity contribution in [3.63, 3.8) is 0 Å². The zero-order valence-corrected chi connectivity index (χ0v) is 10.9. The lowest BCUT2D eigenvalue weighted by atomic mass is 9.85. The van der Waals surface area contributed by atoms with Crippen LogP contribution in [0.25, 0.3) is 0 Å². The maximum atomic E-state index is 10.3. The molecule has 92 valence electrons. The first-order valence-electron chi connectivity index (χ1n) is 6.33. The van der Waals surface area contributed by atoms with Crippen LogP contribution in [-0.4, -0.2) is 24.4 Å². The van der Waals surface area contributed by atoms with Gasteiger partial charge in [-0.2, -0.15) is 0 Å². The summed E-state index contributed by atoms with van der Waals surface area (Å²) in [7, 11) is 1.66. The molecule has 0 bridgehead atoms. The largest absolute Gasteiger partial charge is 0.387 e. The first kappa shape index (κ1) is 14.9. The Kier molecular flexibility index (Phi) is 8.07. The molecule has 0 aliphatic rings. The highest BCUT2D eigenvalue weighted by molar-refractivity contribution is 4.79. The standard InChI is InChI=1S/C13H28O2/c1-5-8-9-12(6-2)10-13(14,7-3)11-15-4/h12,14H,5-11H2,1-4H3. The first-order valence-corrected chi connectivity index (χ1v) is 6.33. The molecule has 0 rings (SSSR count). The Labute approximate surface area is 95.0 Å². The van der Waals surface area contributed by atoms with E-state index in [0.29, 0.717) is 12.5 Å². The van der Waals surface area contributed by atoms with E-state index in [4.69, 9.17) is 4.74 Å². The van der Waals surface area contributed by atoms with Gasteiger partial charge in [-0.25, -0.2) is 0 Å². The fourth-order valence-electron chi connectivity index (χ4n) is 2.05. The number of ether oxygens (including phenoxy) is 1. The molecule has 2 atom stereocenters. The van der Waals surface area contributed by atoms with Crippen molar-refractivity contribution in [1.29, 1.82) is 0 Å². The van der Waals surface area contributed by atoms with Gasteiger partial charge in [0, 0.05) is 7.11 Å². The van der Waals surface area contributed by atoms with Crippen LogP contribution in [0, 0.1) is 5.92 Å². The van der Waals surface area contributed by atoms with Crippen molar-refractivity contribution in [1.82, 2.24) is 0 Å². The summed E-state index contributed by atoms with van der Waals surface area (Å²) in [6, 6.07) is 0. The van der Waals surface area contributed by atoms with Gasteiger partial charge in [-0.3, -0.25) is 0 Å². The van der Waals surface area contributed by atoms with Gasteiger partial charge in [0.15, 0.2) is 0 Å². The topological polar surface area (TPSA) is 29.5 Å². The minimum absolute atomic E-state index is 0.464. The molecule has 0 spiro atoms. The van der Waals surface area contributed by atoms with Gasteiger partial charge >= 0.3 is 0 Å². The fourth-order valence-corrected chi connectivity index (χ4v) is 2.05. The molecule has 0 radical (unpaired) electrons. The molecule has 0 heterocycles. The molecule has 0 fully saturated rings. The van der Waals surface area contributed by atoms with Gasteiger partial charge in [0.25, 0.3) is 0 Å². The zero-order valence-electron chi connectivity index (χ0n) is 10.9. The predicted octanol–water partition coefficient (Wildman–Crippen LogP) is 3.38. The Hall–Kier alpha value is -0.0800. The minimum Gasteiger partial charge on any atom is -0.387 e. The maximum absolute atomic E-state index is 10.3. The molecular weight excluding hydrogens is 188 g/mol. The third-order valence-electron chi connectivity index (χ3n) is 3.28. The normalized spacial score (nSPS) is 17.4. The average molecular weight is 216 g/mol. The second kappa shape index (κ2) is 8.12. The summed E-state index contributed by atoms with van der Waals surface area (Å²) in [5.41, 5.74) is -0.608. The number of rotatable bonds is 9. The Morgan fingerprint density at radius 1 is 1.27 bits per heavy atom. The first-order chi connectivity index (χ1) is 7.11. The summed E-state index contributed by atoms with van der Waals surface area (Å²) in [6.45, 7) is 6.93. The summed E-state index contributed by atoms with van der Waals surface area (Å²) in [6.07, 6.45) is 6.57. The minimum atomic E-state index is -0.608. The molecule has 0 aromatic carbocycles. The molecule has 1 N–H and O–H groups in total. The van der Waals surface area contributed by atoms with E-state index in [-0.39, 0.29) is 0 Å². The van der Waals surface area contributed by atoms with E-state index in [1.54, 1.807) is 7.11 Å². The molecule has 0 amide bonds. The van der Waals surface area contributed by atoms with Crippen LogP contribution < -0.4 is 0 Å². The van der Waals surface area contributed by atoms with Gasteiger partial charge in [0.2, 0.25) is 0 Å². The number of hydrogen-bond acceptors (Lipinski definition) is 2. The van der Waals surface area contributed by atoms with E-state index in [1.165, 1.54) is 19.3 Å². The van der Waals surface area contributed by atoms with Crippen LogP contribution in [0.5, 0.6) is 0 Å². The van der Waals surface area contributed by atoms with Crippen LogP contribution in [0.15, 0.2) is 0 Å². The molecule has 2 unspecified atom stereocenters. The highest BCUT2D eigenvalue weighted by Crippen LogP contribution is 2.26. The summed E-state index contributed by atoms with van der Waals surface area (Å²) in [5.74, 6) is 0.644. The van der Waals surface area contributed by atoms with E-state index < -0.39 is 5.60 Å². The molecule has 0 saturated carbocycles. The van der Waals surface area contributed by atoms with Gasteiger partial charge in [-0.15, -0.1) is 0 Å². The monoisotopic (exact) mass is 216 g/mol. The van der Waals surface area contributed by atoms with Crippen LogP contribution in [-0.2, 0) is 4.74 Å². The van der Waals surface area contributed by atoms with Crippen molar-refractivity contribution < 1.29 is 9.84 Å². The quantitative estimate of drug-likeness (QED) is 0.640. The van der Waals surface area contributed by atoms with Crippen molar-refractivity contribution in [2.75, 3.05) is 13.7 Å². The second-order valence-electron chi connectivity index (χ2n) is 4.63. The third-order valence-corrected chi connectivity index (χ3v) is 3.28. The molecule has 2 nitrogen and oxygen atoms in total. The van der Waals surface area contributed by atoms with E-state index in [1.807, 2.05) is 6.92 Å². The molecule has 2 heteroatoms. The lowest BCUT2D eigenvalue weighted by Crippen LogP contribution is -2.35. The predicted molar refractivity (Wildman–Crippen MR) is 65.0 cm³/mol. The van der Waals surface area contributed by atoms with Crippen molar-refractivity contribution in [3.8, 4) is 0 Å².